The zero-order valence-corrected chi connectivity index (χ0v) is 14.9. The highest BCUT2D eigenvalue weighted by Gasteiger charge is 2.30. The zero-order chi connectivity index (χ0) is 19.2. The number of rotatable bonds is 7. The lowest BCUT2D eigenvalue weighted by atomic mass is 10.2. The Labute approximate surface area is 150 Å². The van der Waals surface area contributed by atoms with Crippen LogP contribution in [0.2, 0.25) is 0 Å². The molecule has 2 rings (SSSR count). The molecule has 0 atom stereocenters. The number of ether oxygens (including phenoxy) is 1. The predicted octanol–water partition coefficient (Wildman–Crippen LogP) is 1.83. The topological polar surface area (TPSA) is 73.6 Å². The number of benzene rings is 1. The maximum atomic E-state index is 12.7. The molecule has 0 amide bonds. The summed E-state index contributed by atoms with van der Waals surface area (Å²) < 4.78 is 67.2. The van der Waals surface area contributed by atoms with Crippen molar-refractivity contribution in [2.45, 2.75) is 17.5 Å². The van der Waals surface area contributed by atoms with Gasteiger partial charge in [0.25, 0.3) is 0 Å². The lowest BCUT2D eigenvalue weighted by Crippen LogP contribution is -2.48. The lowest BCUT2D eigenvalue weighted by Gasteiger charge is -2.34. The first-order chi connectivity index (χ1) is 12.2. The normalized spacial score (nSPS) is 17.2. The Morgan fingerprint density at radius 3 is 2.42 bits per heavy atom. The monoisotopic (exact) mass is 391 g/mol. The second-order valence-electron chi connectivity index (χ2n) is 5.88. The molecule has 0 aliphatic carbocycles. The molecule has 0 unspecified atom stereocenters. The van der Waals surface area contributed by atoms with Gasteiger partial charge in [-0.1, -0.05) is 12.1 Å². The molecular formula is C16H20F3N3O3S. The smallest absolute Gasteiger partial charge is 0.372 e. The second kappa shape index (κ2) is 8.81. The quantitative estimate of drug-likeness (QED) is 0.663. The highest BCUT2D eigenvalue weighted by Crippen LogP contribution is 2.21. The van der Waals surface area contributed by atoms with E-state index in [4.69, 9.17) is 5.26 Å². The van der Waals surface area contributed by atoms with Crippen molar-refractivity contribution >= 4 is 10.0 Å². The van der Waals surface area contributed by atoms with Gasteiger partial charge in [-0.2, -0.15) is 22.7 Å². The summed E-state index contributed by atoms with van der Waals surface area (Å²) in [5.41, 5.74) is 0.108. The largest absolute Gasteiger partial charge is 0.411 e. The van der Waals surface area contributed by atoms with Crippen LogP contribution in [0.5, 0.6) is 0 Å². The van der Waals surface area contributed by atoms with Gasteiger partial charge in [-0.3, -0.25) is 0 Å². The minimum atomic E-state index is -4.32. The first-order valence-electron chi connectivity index (χ1n) is 8.10. The molecule has 0 spiro atoms. The summed E-state index contributed by atoms with van der Waals surface area (Å²) >= 11 is 0. The van der Waals surface area contributed by atoms with Crippen molar-refractivity contribution in [2.24, 2.45) is 0 Å². The molecular weight excluding hydrogens is 371 g/mol. The Hall–Kier alpha value is -1.67. The third-order valence-electron chi connectivity index (χ3n) is 3.99. The molecule has 144 valence electrons. The van der Waals surface area contributed by atoms with E-state index in [0.29, 0.717) is 26.1 Å². The van der Waals surface area contributed by atoms with Gasteiger partial charge in [0, 0.05) is 39.3 Å². The molecule has 0 bridgehead atoms. The summed E-state index contributed by atoms with van der Waals surface area (Å²) in [5, 5.41) is 9.09. The fourth-order valence-electron chi connectivity index (χ4n) is 2.69. The summed E-state index contributed by atoms with van der Waals surface area (Å²) in [4.78, 5) is 1.98. The number of sulfonamides is 1. The van der Waals surface area contributed by atoms with Gasteiger partial charge in [-0.25, -0.2) is 8.42 Å². The van der Waals surface area contributed by atoms with E-state index < -0.39 is 22.8 Å². The Bertz CT molecular complexity index is 739. The van der Waals surface area contributed by atoms with E-state index in [-0.39, 0.29) is 30.2 Å². The summed E-state index contributed by atoms with van der Waals surface area (Å²) in [5.74, 6) is 0. The average molecular weight is 391 g/mol. The fraction of sp³-hybridized carbons (Fsp3) is 0.562. The average Bonchev–Trinajstić information content (AvgIpc) is 2.61. The van der Waals surface area contributed by atoms with Crippen LogP contribution >= 0.6 is 0 Å². The number of halogens is 3. The molecule has 10 heteroatoms. The third kappa shape index (κ3) is 5.67. The van der Waals surface area contributed by atoms with Crippen LogP contribution in [-0.4, -0.2) is 69.7 Å². The number of piperazine rings is 1. The summed E-state index contributed by atoms with van der Waals surface area (Å²) in [6, 6.07) is 7.95. The molecule has 1 aromatic rings. The molecule has 1 aliphatic heterocycles. The van der Waals surface area contributed by atoms with Gasteiger partial charge in [-0.05, 0) is 18.6 Å². The van der Waals surface area contributed by atoms with E-state index in [2.05, 4.69) is 4.74 Å². The number of nitrogens with zero attached hydrogens (tertiary/aromatic N) is 3. The van der Waals surface area contributed by atoms with Crippen molar-refractivity contribution in [3.8, 4) is 6.07 Å². The number of nitriles is 1. The molecule has 1 heterocycles. The molecule has 1 fully saturated rings. The maximum absolute atomic E-state index is 12.7. The van der Waals surface area contributed by atoms with Crippen molar-refractivity contribution in [3.63, 3.8) is 0 Å². The van der Waals surface area contributed by atoms with Crippen molar-refractivity contribution in [2.75, 3.05) is 45.9 Å². The predicted molar refractivity (Wildman–Crippen MR) is 87.8 cm³/mol. The van der Waals surface area contributed by atoms with Crippen LogP contribution in [-0.2, 0) is 14.8 Å². The summed E-state index contributed by atoms with van der Waals surface area (Å²) in [6.07, 6.45) is -3.88. The van der Waals surface area contributed by atoms with Gasteiger partial charge in [0.2, 0.25) is 10.0 Å². The standard InChI is InChI=1S/C16H20F3N3O3S/c17-16(18,19)13-25-11-3-6-21-7-9-22(10-8-21)26(23,24)15-5-2-1-4-14(15)12-20/h1-2,4-5H,3,6-11,13H2. The highest BCUT2D eigenvalue weighted by atomic mass is 32.2. The van der Waals surface area contributed by atoms with Gasteiger partial charge in [0.15, 0.2) is 0 Å². The van der Waals surface area contributed by atoms with Crippen LogP contribution < -0.4 is 0 Å². The Kier molecular flexibility index (Phi) is 7.00. The molecule has 26 heavy (non-hydrogen) atoms. The Morgan fingerprint density at radius 2 is 1.81 bits per heavy atom. The molecule has 0 aromatic heterocycles. The number of hydrogen-bond acceptors (Lipinski definition) is 5. The van der Waals surface area contributed by atoms with Crippen molar-refractivity contribution in [1.82, 2.24) is 9.21 Å². The third-order valence-corrected chi connectivity index (χ3v) is 5.94. The van der Waals surface area contributed by atoms with Crippen LogP contribution in [0.15, 0.2) is 29.2 Å². The van der Waals surface area contributed by atoms with E-state index >= 15 is 0 Å². The first kappa shape index (κ1) is 20.6. The van der Waals surface area contributed by atoms with Crippen LogP contribution in [0.4, 0.5) is 13.2 Å². The van der Waals surface area contributed by atoms with E-state index in [0.717, 1.165) is 0 Å². The molecule has 1 aliphatic rings. The Balaban J connectivity index is 1.82. The fourth-order valence-corrected chi connectivity index (χ4v) is 4.26. The van der Waals surface area contributed by atoms with Gasteiger partial charge < -0.3 is 9.64 Å². The molecule has 0 N–H and O–H groups in total. The van der Waals surface area contributed by atoms with Gasteiger partial charge >= 0.3 is 6.18 Å². The summed E-state index contributed by atoms with van der Waals surface area (Å²) in [7, 11) is -3.74. The van der Waals surface area contributed by atoms with Crippen LogP contribution in [0.1, 0.15) is 12.0 Å². The highest BCUT2D eigenvalue weighted by molar-refractivity contribution is 7.89. The van der Waals surface area contributed by atoms with E-state index in [9.17, 15) is 21.6 Å². The molecule has 0 radical (unpaired) electrons. The molecule has 0 saturated carbocycles. The van der Waals surface area contributed by atoms with E-state index in [1.54, 1.807) is 12.1 Å². The molecule has 1 aromatic carbocycles. The summed E-state index contributed by atoms with van der Waals surface area (Å²) in [6.45, 7) is 0.795. The second-order valence-corrected chi connectivity index (χ2v) is 7.78. The van der Waals surface area contributed by atoms with Crippen molar-refractivity contribution in [3.05, 3.63) is 29.8 Å². The van der Waals surface area contributed by atoms with Crippen LogP contribution in [0.25, 0.3) is 0 Å². The molecule has 1 saturated heterocycles. The minimum absolute atomic E-state index is 0.00324. The van der Waals surface area contributed by atoms with E-state index in [1.165, 1.54) is 16.4 Å². The van der Waals surface area contributed by atoms with Gasteiger partial charge in [-0.15, -0.1) is 0 Å². The Morgan fingerprint density at radius 1 is 1.15 bits per heavy atom. The van der Waals surface area contributed by atoms with Crippen molar-refractivity contribution in [1.29, 1.82) is 5.26 Å². The zero-order valence-electron chi connectivity index (χ0n) is 14.1. The van der Waals surface area contributed by atoms with Crippen LogP contribution in [0.3, 0.4) is 0 Å². The number of alkyl halides is 3. The van der Waals surface area contributed by atoms with Gasteiger partial charge in [0.1, 0.15) is 12.7 Å². The van der Waals surface area contributed by atoms with E-state index in [1.807, 2.05) is 11.0 Å². The molecule has 6 nitrogen and oxygen atoms in total. The van der Waals surface area contributed by atoms with Crippen LogP contribution in [0, 0.1) is 11.3 Å². The lowest BCUT2D eigenvalue weighted by molar-refractivity contribution is -0.174. The number of hydrogen-bond donors (Lipinski definition) is 0. The van der Waals surface area contributed by atoms with Gasteiger partial charge in [0.05, 0.1) is 10.5 Å². The minimum Gasteiger partial charge on any atom is -0.372 e. The first-order valence-corrected chi connectivity index (χ1v) is 9.54. The van der Waals surface area contributed by atoms with Crippen molar-refractivity contribution < 1.29 is 26.3 Å². The SMILES string of the molecule is N#Cc1ccccc1S(=O)(=O)N1CCN(CCCOCC(F)(F)F)CC1. The maximum Gasteiger partial charge on any atom is 0.411 e.